The molecule has 1 amide bonds. The summed E-state index contributed by atoms with van der Waals surface area (Å²) in [5, 5.41) is 3.93. The second kappa shape index (κ2) is 6.57. The van der Waals surface area contributed by atoms with Gasteiger partial charge < -0.3 is 15.0 Å². The number of H-pyrrole nitrogens is 1. The lowest BCUT2D eigenvalue weighted by atomic mass is 10.2. The molecule has 0 saturated heterocycles. The molecule has 0 radical (unpaired) electrons. The summed E-state index contributed by atoms with van der Waals surface area (Å²) < 4.78 is 5.53. The number of aromatic amines is 1. The number of nitrogens with one attached hydrogen (secondary N) is 2. The first-order valence-electron chi connectivity index (χ1n) is 7.79. The van der Waals surface area contributed by atoms with Crippen molar-refractivity contribution in [2.24, 2.45) is 0 Å². The molecule has 3 rings (SSSR count). The quantitative estimate of drug-likeness (QED) is 0.728. The molecule has 4 nitrogen and oxygen atoms in total. The molecule has 3 aromatic rings. The summed E-state index contributed by atoms with van der Waals surface area (Å²) in [6.07, 6.45) is 0.971. The van der Waals surface area contributed by atoms with Crippen LogP contribution in [0.15, 0.2) is 48.5 Å². The molecule has 1 aromatic heterocycles. The number of aryl methyl sites for hydroxylation is 1. The van der Waals surface area contributed by atoms with E-state index in [1.165, 1.54) is 5.56 Å². The van der Waals surface area contributed by atoms with Crippen molar-refractivity contribution in [3.63, 3.8) is 0 Å². The largest absolute Gasteiger partial charge is 0.494 e. The molecule has 2 N–H and O–H groups in total. The van der Waals surface area contributed by atoms with Crippen molar-refractivity contribution in [3.05, 3.63) is 59.8 Å². The highest BCUT2D eigenvalue weighted by molar-refractivity contribution is 6.06. The lowest BCUT2D eigenvalue weighted by Crippen LogP contribution is -2.12. The zero-order valence-corrected chi connectivity index (χ0v) is 13.3. The molecule has 4 heteroatoms. The van der Waals surface area contributed by atoms with Crippen molar-refractivity contribution in [1.29, 1.82) is 0 Å². The molecule has 0 fully saturated rings. The molecule has 0 atom stereocenters. The Labute approximate surface area is 135 Å². The topological polar surface area (TPSA) is 54.1 Å². The van der Waals surface area contributed by atoms with E-state index < -0.39 is 0 Å². The van der Waals surface area contributed by atoms with E-state index in [1.807, 2.05) is 49.4 Å². The van der Waals surface area contributed by atoms with E-state index in [0.717, 1.165) is 28.8 Å². The second-order valence-electron chi connectivity index (χ2n) is 5.60. The lowest BCUT2D eigenvalue weighted by molar-refractivity contribution is 0.102. The van der Waals surface area contributed by atoms with Crippen molar-refractivity contribution in [3.8, 4) is 5.75 Å². The second-order valence-corrected chi connectivity index (χ2v) is 5.60. The van der Waals surface area contributed by atoms with Crippen LogP contribution in [0, 0.1) is 6.92 Å². The number of ether oxygens (including phenoxy) is 1. The number of carbonyl (C=O) groups is 1. The highest BCUT2D eigenvalue weighted by atomic mass is 16.5. The van der Waals surface area contributed by atoms with Crippen LogP contribution in [-0.2, 0) is 0 Å². The molecule has 23 heavy (non-hydrogen) atoms. The van der Waals surface area contributed by atoms with Crippen molar-refractivity contribution < 1.29 is 9.53 Å². The van der Waals surface area contributed by atoms with Crippen molar-refractivity contribution in [2.45, 2.75) is 20.3 Å². The van der Waals surface area contributed by atoms with Gasteiger partial charge in [0.15, 0.2) is 0 Å². The molecular weight excluding hydrogens is 288 g/mol. The molecule has 0 bridgehead atoms. The fraction of sp³-hybridized carbons (Fsp3) is 0.211. The van der Waals surface area contributed by atoms with Crippen LogP contribution in [0.3, 0.4) is 0 Å². The van der Waals surface area contributed by atoms with Gasteiger partial charge in [-0.2, -0.15) is 0 Å². The highest BCUT2D eigenvalue weighted by Gasteiger charge is 2.10. The highest BCUT2D eigenvalue weighted by Crippen LogP contribution is 2.19. The van der Waals surface area contributed by atoms with Crippen LogP contribution in [0.5, 0.6) is 5.75 Å². The van der Waals surface area contributed by atoms with Gasteiger partial charge in [0.05, 0.1) is 6.61 Å². The van der Waals surface area contributed by atoms with Crippen LogP contribution >= 0.6 is 0 Å². The summed E-state index contributed by atoms with van der Waals surface area (Å²) in [5.41, 5.74) is 3.43. The smallest absolute Gasteiger partial charge is 0.272 e. The summed E-state index contributed by atoms with van der Waals surface area (Å²) in [7, 11) is 0. The van der Waals surface area contributed by atoms with Crippen LogP contribution in [-0.4, -0.2) is 17.5 Å². The van der Waals surface area contributed by atoms with Crippen molar-refractivity contribution in [2.75, 3.05) is 11.9 Å². The van der Waals surface area contributed by atoms with Crippen LogP contribution in [0.25, 0.3) is 10.9 Å². The molecule has 2 aromatic carbocycles. The Morgan fingerprint density at radius 2 is 1.91 bits per heavy atom. The van der Waals surface area contributed by atoms with E-state index in [0.29, 0.717) is 12.3 Å². The number of aromatic nitrogens is 1. The van der Waals surface area contributed by atoms with Gasteiger partial charge in [-0.25, -0.2) is 0 Å². The minimum Gasteiger partial charge on any atom is -0.494 e. The Kier molecular flexibility index (Phi) is 4.33. The minimum atomic E-state index is -0.152. The Morgan fingerprint density at radius 3 is 2.65 bits per heavy atom. The number of benzene rings is 2. The first-order chi connectivity index (χ1) is 11.2. The van der Waals surface area contributed by atoms with E-state index >= 15 is 0 Å². The Bertz CT molecular complexity index is 819. The van der Waals surface area contributed by atoms with Crippen LogP contribution < -0.4 is 10.1 Å². The molecule has 0 spiro atoms. The molecular formula is C19H20N2O2. The average Bonchev–Trinajstić information content (AvgIpc) is 2.97. The van der Waals surface area contributed by atoms with Crippen LogP contribution in [0.4, 0.5) is 5.69 Å². The maximum absolute atomic E-state index is 12.4. The molecule has 0 aliphatic carbocycles. The molecule has 0 saturated carbocycles. The van der Waals surface area contributed by atoms with E-state index in [2.05, 4.69) is 23.3 Å². The molecule has 0 unspecified atom stereocenters. The number of hydrogen-bond acceptors (Lipinski definition) is 2. The molecule has 0 aliphatic rings. The zero-order valence-electron chi connectivity index (χ0n) is 13.3. The lowest BCUT2D eigenvalue weighted by Gasteiger charge is -2.07. The van der Waals surface area contributed by atoms with Crippen LogP contribution in [0.1, 0.15) is 29.4 Å². The van der Waals surface area contributed by atoms with Gasteiger partial charge in [-0.05, 0) is 55.8 Å². The van der Waals surface area contributed by atoms with Gasteiger partial charge in [-0.3, -0.25) is 4.79 Å². The zero-order chi connectivity index (χ0) is 16.2. The predicted octanol–water partition coefficient (Wildman–Crippen LogP) is 4.52. The Hall–Kier alpha value is -2.75. The summed E-state index contributed by atoms with van der Waals surface area (Å²) >= 11 is 0. The average molecular weight is 308 g/mol. The van der Waals surface area contributed by atoms with Gasteiger partial charge in [0.25, 0.3) is 5.91 Å². The fourth-order valence-corrected chi connectivity index (χ4v) is 2.43. The number of rotatable bonds is 5. The molecule has 118 valence electrons. The molecule has 1 heterocycles. The molecule has 0 aliphatic heterocycles. The Morgan fingerprint density at radius 1 is 1.13 bits per heavy atom. The van der Waals surface area contributed by atoms with Crippen molar-refractivity contribution >= 4 is 22.5 Å². The third-order valence-electron chi connectivity index (χ3n) is 3.61. The van der Waals surface area contributed by atoms with Crippen LogP contribution in [0.2, 0.25) is 0 Å². The number of anilines is 1. The first-order valence-corrected chi connectivity index (χ1v) is 7.79. The number of carbonyl (C=O) groups excluding carboxylic acids is 1. The minimum absolute atomic E-state index is 0.152. The maximum Gasteiger partial charge on any atom is 0.272 e. The van der Waals surface area contributed by atoms with Gasteiger partial charge in [-0.1, -0.05) is 18.6 Å². The number of amides is 1. The van der Waals surface area contributed by atoms with E-state index in [9.17, 15) is 4.79 Å². The summed E-state index contributed by atoms with van der Waals surface area (Å²) in [6.45, 7) is 4.80. The maximum atomic E-state index is 12.4. The van der Waals surface area contributed by atoms with Gasteiger partial charge in [0.2, 0.25) is 0 Å². The van der Waals surface area contributed by atoms with E-state index in [-0.39, 0.29) is 5.91 Å². The standard InChI is InChI=1S/C19H20N2O2/c1-3-10-23-16-7-5-15(6-8-16)20-19(22)18-12-14-11-13(2)4-9-17(14)21-18/h4-9,11-12,21H,3,10H2,1-2H3,(H,20,22). The summed E-state index contributed by atoms with van der Waals surface area (Å²) in [4.78, 5) is 15.5. The van der Waals surface area contributed by atoms with E-state index in [4.69, 9.17) is 4.74 Å². The SMILES string of the molecule is CCCOc1ccc(NC(=O)c2cc3cc(C)ccc3[nH]2)cc1. The Balaban J connectivity index is 1.72. The third-order valence-corrected chi connectivity index (χ3v) is 3.61. The third kappa shape index (κ3) is 3.54. The number of fused-ring (bicyclic) bond motifs is 1. The van der Waals surface area contributed by atoms with Gasteiger partial charge in [-0.15, -0.1) is 0 Å². The summed E-state index contributed by atoms with van der Waals surface area (Å²) in [5.74, 6) is 0.659. The van der Waals surface area contributed by atoms with Gasteiger partial charge in [0.1, 0.15) is 11.4 Å². The van der Waals surface area contributed by atoms with Crippen molar-refractivity contribution in [1.82, 2.24) is 4.98 Å². The monoisotopic (exact) mass is 308 g/mol. The normalized spacial score (nSPS) is 10.7. The van der Waals surface area contributed by atoms with E-state index in [1.54, 1.807) is 0 Å². The first kappa shape index (κ1) is 15.2. The predicted molar refractivity (Wildman–Crippen MR) is 93.2 cm³/mol. The number of hydrogen-bond donors (Lipinski definition) is 2. The summed E-state index contributed by atoms with van der Waals surface area (Å²) in [6, 6.07) is 15.3. The van der Waals surface area contributed by atoms with Gasteiger partial charge in [0, 0.05) is 16.6 Å². The fourth-order valence-electron chi connectivity index (χ4n) is 2.43. The van der Waals surface area contributed by atoms with Gasteiger partial charge >= 0.3 is 0 Å².